The zero-order chi connectivity index (χ0) is 19.3. The van der Waals surface area contributed by atoms with Crippen molar-refractivity contribution in [2.45, 2.75) is 6.92 Å². The molecule has 0 aliphatic carbocycles. The summed E-state index contributed by atoms with van der Waals surface area (Å²) in [6.45, 7) is 1.66. The number of nitriles is 1. The van der Waals surface area contributed by atoms with Crippen molar-refractivity contribution in [3.8, 4) is 23.3 Å². The first-order valence-corrected chi connectivity index (χ1v) is 7.62. The summed E-state index contributed by atoms with van der Waals surface area (Å²) < 4.78 is 15.9. The second kappa shape index (κ2) is 8.03. The van der Waals surface area contributed by atoms with Crippen molar-refractivity contribution >= 4 is 17.3 Å². The van der Waals surface area contributed by atoms with Crippen LogP contribution in [0, 0.1) is 28.4 Å². The molecule has 2 aromatic rings. The summed E-state index contributed by atoms with van der Waals surface area (Å²) in [7, 11) is 4.47. The quantitative estimate of drug-likeness (QED) is 0.337. The summed E-state index contributed by atoms with van der Waals surface area (Å²) >= 11 is 0. The maximum atomic E-state index is 11.1. The molecule has 0 fully saturated rings. The van der Waals surface area contributed by atoms with Gasteiger partial charge >= 0.3 is 0 Å². The van der Waals surface area contributed by atoms with Crippen molar-refractivity contribution in [3.05, 3.63) is 57.1 Å². The van der Waals surface area contributed by atoms with Gasteiger partial charge < -0.3 is 14.2 Å². The van der Waals surface area contributed by atoms with Crippen LogP contribution in [0.4, 0.5) is 5.69 Å². The summed E-state index contributed by atoms with van der Waals surface area (Å²) in [6.07, 6.45) is 1.58. The van der Waals surface area contributed by atoms with Crippen molar-refractivity contribution in [2.24, 2.45) is 0 Å². The van der Waals surface area contributed by atoms with Crippen molar-refractivity contribution in [1.82, 2.24) is 0 Å². The Labute approximate surface area is 151 Å². The van der Waals surface area contributed by atoms with Crippen LogP contribution in [0.2, 0.25) is 0 Å². The standard InChI is InChI=1S/C19H18N2O5/c1-12-5-6-13(8-16(12)21(22)23)7-15(11-20)14-9-17(24-2)19(26-4)18(10-14)25-3/h5-10H,1-4H3/b15-7+. The monoisotopic (exact) mass is 354 g/mol. The largest absolute Gasteiger partial charge is 0.493 e. The molecule has 7 heteroatoms. The average Bonchev–Trinajstić information content (AvgIpc) is 2.65. The van der Waals surface area contributed by atoms with E-state index in [2.05, 4.69) is 6.07 Å². The summed E-state index contributed by atoms with van der Waals surface area (Å²) in [5.74, 6) is 1.25. The Hall–Kier alpha value is -3.53. The molecule has 0 amide bonds. The van der Waals surface area contributed by atoms with E-state index in [1.54, 1.807) is 37.3 Å². The molecule has 134 valence electrons. The average molecular weight is 354 g/mol. The number of nitro benzene ring substituents is 1. The third-order valence-corrected chi connectivity index (χ3v) is 3.84. The third-order valence-electron chi connectivity index (χ3n) is 3.84. The summed E-state index contributed by atoms with van der Waals surface area (Å²) in [6, 6.07) is 10.2. The Bertz CT molecular complexity index is 888. The van der Waals surface area contributed by atoms with Gasteiger partial charge in [-0.1, -0.05) is 12.1 Å². The highest BCUT2D eigenvalue weighted by Crippen LogP contribution is 2.40. The molecule has 0 heterocycles. The van der Waals surface area contributed by atoms with Gasteiger partial charge in [0.15, 0.2) is 11.5 Å². The zero-order valence-electron chi connectivity index (χ0n) is 14.9. The molecule has 26 heavy (non-hydrogen) atoms. The summed E-state index contributed by atoms with van der Waals surface area (Å²) in [5, 5.41) is 20.7. The zero-order valence-corrected chi connectivity index (χ0v) is 14.9. The van der Waals surface area contributed by atoms with Crippen LogP contribution >= 0.6 is 0 Å². The van der Waals surface area contributed by atoms with Crippen molar-refractivity contribution in [3.63, 3.8) is 0 Å². The molecule has 0 aliphatic heterocycles. The molecule has 2 rings (SSSR count). The minimum atomic E-state index is -0.446. The summed E-state index contributed by atoms with van der Waals surface area (Å²) in [4.78, 5) is 10.7. The van der Waals surface area contributed by atoms with Crippen molar-refractivity contribution < 1.29 is 19.1 Å². The number of nitrogens with zero attached hydrogens (tertiary/aromatic N) is 2. The van der Waals surface area contributed by atoms with Crippen molar-refractivity contribution in [1.29, 1.82) is 5.26 Å². The number of aryl methyl sites for hydroxylation is 1. The lowest BCUT2D eigenvalue weighted by molar-refractivity contribution is -0.385. The number of hydrogen-bond acceptors (Lipinski definition) is 6. The van der Waals surface area contributed by atoms with Gasteiger partial charge in [0, 0.05) is 11.6 Å². The summed E-state index contributed by atoms with van der Waals surface area (Å²) in [5.41, 5.74) is 1.96. The minimum absolute atomic E-state index is 0.000863. The number of nitro groups is 1. The van der Waals surface area contributed by atoms with Crippen LogP contribution in [-0.2, 0) is 0 Å². The SMILES string of the molecule is COc1cc(/C(C#N)=C/c2ccc(C)c([N+](=O)[O-])c2)cc(OC)c1OC. The van der Waals surface area contributed by atoms with E-state index in [0.717, 1.165) is 0 Å². The second-order valence-corrected chi connectivity index (χ2v) is 5.39. The first-order valence-electron chi connectivity index (χ1n) is 7.62. The molecule has 7 nitrogen and oxygen atoms in total. The topological polar surface area (TPSA) is 94.6 Å². The Morgan fingerprint density at radius 1 is 1.12 bits per heavy atom. The fourth-order valence-corrected chi connectivity index (χ4v) is 2.50. The van der Waals surface area contributed by atoms with Crippen LogP contribution in [0.5, 0.6) is 17.2 Å². The molecule has 0 saturated carbocycles. The van der Waals surface area contributed by atoms with E-state index in [4.69, 9.17) is 14.2 Å². The maximum absolute atomic E-state index is 11.1. The molecule has 0 aromatic heterocycles. The molecule has 0 radical (unpaired) electrons. The first kappa shape index (κ1) is 18.8. The molecular formula is C19H18N2O5. The number of ether oxygens (including phenoxy) is 3. The Morgan fingerprint density at radius 2 is 1.73 bits per heavy atom. The lowest BCUT2D eigenvalue weighted by Crippen LogP contribution is -1.97. The molecular weight excluding hydrogens is 336 g/mol. The van der Waals surface area contributed by atoms with Gasteiger partial charge in [-0.15, -0.1) is 0 Å². The molecule has 0 bridgehead atoms. The van der Waals surface area contributed by atoms with E-state index in [-0.39, 0.29) is 5.69 Å². The van der Waals surface area contributed by atoms with Crippen LogP contribution in [-0.4, -0.2) is 26.3 Å². The molecule has 0 spiro atoms. The van der Waals surface area contributed by atoms with Gasteiger partial charge in [0.05, 0.1) is 37.9 Å². The Kier molecular flexibility index (Phi) is 5.81. The molecule has 0 N–H and O–H groups in total. The minimum Gasteiger partial charge on any atom is -0.493 e. The van der Waals surface area contributed by atoms with E-state index < -0.39 is 4.92 Å². The fourth-order valence-electron chi connectivity index (χ4n) is 2.50. The van der Waals surface area contributed by atoms with Gasteiger partial charge in [-0.3, -0.25) is 10.1 Å². The first-order chi connectivity index (χ1) is 12.4. The molecule has 2 aromatic carbocycles. The van der Waals surface area contributed by atoms with Gasteiger partial charge in [-0.05, 0) is 36.3 Å². The van der Waals surface area contributed by atoms with Crippen LogP contribution in [0.3, 0.4) is 0 Å². The van der Waals surface area contributed by atoms with E-state index in [0.29, 0.717) is 39.5 Å². The number of rotatable bonds is 6. The number of methoxy groups -OCH3 is 3. The normalized spacial score (nSPS) is 10.8. The lowest BCUT2D eigenvalue weighted by Gasteiger charge is -2.13. The van der Waals surface area contributed by atoms with Crippen molar-refractivity contribution in [2.75, 3.05) is 21.3 Å². The van der Waals surface area contributed by atoms with E-state index in [1.807, 2.05) is 0 Å². The molecule has 0 unspecified atom stereocenters. The van der Waals surface area contributed by atoms with Gasteiger partial charge in [0.25, 0.3) is 5.69 Å². The Morgan fingerprint density at radius 3 is 2.19 bits per heavy atom. The number of benzene rings is 2. The number of allylic oxidation sites excluding steroid dienone is 1. The Balaban J connectivity index is 2.59. The molecule has 0 atom stereocenters. The predicted octanol–water partition coefficient (Wildman–Crippen LogP) is 3.99. The lowest BCUT2D eigenvalue weighted by atomic mass is 10.0. The van der Waals surface area contributed by atoms with Gasteiger partial charge in [-0.25, -0.2) is 0 Å². The van der Waals surface area contributed by atoms with Gasteiger partial charge in [0.2, 0.25) is 5.75 Å². The van der Waals surface area contributed by atoms with E-state index >= 15 is 0 Å². The predicted molar refractivity (Wildman–Crippen MR) is 97.4 cm³/mol. The van der Waals surface area contributed by atoms with Gasteiger partial charge in [0.1, 0.15) is 0 Å². The highest BCUT2D eigenvalue weighted by Gasteiger charge is 2.16. The fraction of sp³-hybridized carbons (Fsp3) is 0.211. The number of hydrogen-bond donors (Lipinski definition) is 0. The third kappa shape index (κ3) is 3.75. The smallest absolute Gasteiger partial charge is 0.272 e. The van der Waals surface area contributed by atoms with Crippen LogP contribution in [0.25, 0.3) is 11.6 Å². The molecule has 0 aliphatic rings. The van der Waals surface area contributed by atoms with Gasteiger partial charge in [-0.2, -0.15) is 5.26 Å². The van der Waals surface area contributed by atoms with Crippen LogP contribution in [0.1, 0.15) is 16.7 Å². The highest BCUT2D eigenvalue weighted by atomic mass is 16.6. The van der Waals surface area contributed by atoms with E-state index in [9.17, 15) is 15.4 Å². The second-order valence-electron chi connectivity index (χ2n) is 5.39. The highest BCUT2D eigenvalue weighted by molar-refractivity contribution is 5.91. The maximum Gasteiger partial charge on any atom is 0.272 e. The van der Waals surface area contributed by atoms with Crippen LogP contribution in [0.15, 0.2) is 30.3 Å². The molecule has 0 saturated heterocycles. The van der Waals surface area contributed by atoms with E-state index in [1.165, 1.54) is 27.4 Å². The van der Waals surface area contributed by atoms with Crippen LogP contribution < -0.4 is 14.2 Å².